The number of anilines is 2. The molecule has 0 heterocycles. The molecule has 0 radical (unpaired) electrons. The van der Waals surface area contributed by atoms with Crippen molar-refractivity contribution in [1.82, 2.24) is 0 Å². The van der Waals surface area contributed by atoms with E-state index < -0.39 is 5.91 Å². The van der Waals surface area contributed by atoms with Crippen molar-refractivity contribution in [3.05, 3.63) is 81.8 Å². The average molecular weight is 578 g/mol. The Kier molecular flexibility index (Phi) is 10.3. The smallest absolute Gasteiger partial charge is 0.266 e. The van der Waals surface area contributed by atoms with Crippen LogP contribution in [0.15, 0.2) is 70.7 Å². The number of benzene rings is 3. The first-order valence-electron chi connectivity index (χ1n) is 11.9. The van der Waals surface area contributed by atoms with E-state index in [1.54, 1.807) is 42.5 Å². The van der Waals surface area contributed by atoms with Gasteiger partial charge in [0.25, 0.3) is 11.8 Å². The molecule has 0 aliphatic carbocycles. The average Bonchev–Trinajstić information content (AvgIpc) is 2.88. The summed E-state index contributed by atoms with van der Waals surface area (Å²) in [6.45, 7) is 6.28. The van der Waals surface area contributed by atoms with E-state index in [1.165, 1.54) is 6.08 Å². The molecule has 3 aromatic carbocycles. The van der Waals surface area contributed by atoms with Gasteiger partial charge >= 0.3 is 0 Å². The van der Waals surface area contributed by atoms with Crippen molar-refractivity contribution in [2.45, 2.75) is 20.8 Å². The third-order valence-electron chi connectivity index (χ3n) is 5.08. The molecule has 0 unspecified atom stereocenters. The van der Waals surface area contributed by atoms with Crippen molar-refractivity contribution >= 4 is 45.2 Å². The number of rotatable bonds is 11. The van der Waals surface area contributed by atoms with Gasteiger partial charge in [0.1, 0.15) is 17.4 Å². The summed E-state index contributed by atoms with van der Waals surface area (Å²) in [6, 6.07) is 19.6. The Morgan fingerprint density at radius 3 is 2.34 bits per heavy atom. The van der Waals surface area contributed by atoms with Gasteiger partial charge in [-0.25, -0.2) is 0 Å². The van der Waals surface area contributed by atoms with Crippen LogP contribution in [0.25, 0.3) is 6.08 Å². The van der Waals surface area contributed by atoms with Gasteiger partial charge in [-0.3, -0.25) is 9.59 Å². The van der Waals surface area contributed by atoms with Crippen LogP contribution >= 0.6 is 15.9 Å². The molecule has 0 saturated heterocycles. The zero-order valence-corrected chi connectivity index (χ0v) is 22.9. The fraction of sp³-hybridized carbons (Fsp3) is 0.207. The van der Waals surface area contributed by atoms with Crippen molar-refractivity contribution in [1.29, 1.82) is 5.26 Å². The number of carbonyl (C=O) groups excluding carboxylic acids is 2. The molecule has 0 atom stereocenters. The van der Waals surface area contributed by atoms with Crippen LogP contribution in [-0.2, 0) is 9.59 Å². The zero-order chi connectivity index (χ0) is 27.5. The number of ether oxygens (including phenoxy) is 3. The van der Waals surface area contributed by atoms with Crippen LogP contribution in [0.2, 0.25) is 0 Å². The second-order valence-electron chi connectivity index (χ2n) is 8.05. The fourth-order valence-corrected chi connectivity index (χ4v) is 4.02. The minimum atomic E-state index is -0.557. The van der Waals surface area contributed by atoms with E-state index in [1.807, 2.05) is 45.0 Å². The van der Waals surface area contributed by atoms with Crippen molar-refractivity contribution in [2.24, 2.45) is 0 Å². The Balaban J connectivity index is 1.74. The molecule has 0 saturated carbocycles. The van der Waals surface area contributed by atoms with Crippen LogP contribution in [0.3, 0.4) is 0 Å². The minimum absolute atomic E-state index is 0.0977. The first-order valence-corrected chi connectivity index (χ1v) is 12.7. The van der Waals surface area contributed by atoms with Gasteiger partial charge in [0.2, 0.25) is 0 Å². The van der Waals surface area contributed by atoms with E-state index in [-0.39, 0.29) is 18.1 Å². The quantitative estimate of drug-likeness (QED) is 0.210. The largest absolute Gasteiger partial charge is 0.494 e. The number of nitrogens with zero attached hydrogens (tertiary/aromatic N) is 1. The minimum Gasteiger partial charge on any atom is -0.494 e. The monoisotopic (exact) mass is 577 g/mol. The molecule has 0 aliphatic rings. The summed E-state index contributed by atoms with van der Waals surface area (Å²) in [7, 11) is 0. The lowest BCUT2D eigenvalue weighted by molar-refractivity contribution is -0.118. The highest BCUT2D eigenvalue weighted by atomic mass is 79.9. The van der Waals surface area contributed by atoms with Crippen LogP contribution in [0.1, 0.15) is 25.0 Å². The summed E-state index contributed by atoms with van der Waals surface area (Å²) in [5, 5.41) is 15.1. The highest BCUT2D eigenvalue weighted by Crippen LogP contribution is 2.37. The van der Waals surface area contributed by atoms with Crippen molar-refractivity contribution in [3.8, 4) is 23.3 Å². The summed E-state index contributed by atoms with van der Waals surface area (Å²) >= 11 is 3.46. The van der Waals surface area contributed by atoms with Crippen LogP contribution in [0.4, 0.5) is 11.4 Å². The molecule has 3 rings (SSSR count). The molecule has 0 aliphatic heterocycles. The number of amides is 2. The summed E-state index contributed by atoms with van der Waals surface area (Å²) in [5.41, 5.74) is 2.67. The van der Waals surface area contributed by atoms with Gasteiger partial charge in [0.05, 0.1) is 17.7 Å². The van der Waals surface area contributed by atoms with Gasteiger partial charge in [-0.15, -0.1) is 0 Å². The highest BCUT2D eigenvalue weighted by molar-refractivity contribution is 9.10. The maximum absolute atomic E-state index is 12.7. The second-order valence-corrected chi connectivity index (χ2v) is 8.90. The van der Waals surface area contributed by atoms with Gasteiger partial charge in [-0.05, 0) is 102 Å². The summed E-state index contributed by atoms with van der Waals surface area (Å²) in [4.78, 5) is 25.1. The SMILES string of the molecule is CCOc1ccc(NC(=O)/C(C#N)=C/c2cc(Br)c(OCC(=O)Nc3cccc(C)c3)c(OCC)c2)cc1. The molecule has 196 valence electrons. The lowest BCUT2D eigenvalue weighted by atomic mass is 10.1. The van der Waals surface area contributed by atoms with Crippen LogP contribution in [0.5, 0.6) is 17.2 Å². The van der Waals surface area contributed by atoms with Gasteiger partial charge in [-0.2, -0.15) is 5.26 Å². The van der Waals surface area contributed by atoms with Crippen LogP contribution in [-0.4, -0.2) is 31.6 Å². The summed E-state index contributed by atoms with van der Waals surface area (Å²) < 4.78 is 17.4. The van der Waals surface area contributed by atoms with Crippen LogP contribution in [0, 0.1) is 18.3 Å². The van der Waals surface area contributed by atoms with E-state index in [0.717, 1.165) is 5.56 Å². The van der Waals surface area contributed by atoms with Gasteiger partial charge in [0, 0.05) is 11.4 Å². The normalized spacial score (nSPS) is 10.8. The molecule has 38 heavy (non-hydrogen) atoms. The van der Waals surface area contributed by atoms with Gasteiger partial charge in [-0.1, -0.05) is 12.1 Å². The van der Waals surface area contributed by atoms with Gasteiger partial charge in [0.15, 0.2) is 18.1 Å². The summed E-state index contributed by atoms with van der Waals surface area (Å²) in [5.74, 6) is 0.497. The Morgan fingerprint density at radius 2 is 1.68 bits per heavy atom. The number of nitriles is 1. The topological polar surface area (TPSA) is 110 Å². The lowest BCUT2D eigenvalue weighted by Gasteiger charge is -2.15. The molecule has 2 N–H and O–H groups in total. The van der Waals surface area contributed by atoms with E-state index in [9.17, 15) is 14.9 Å². The number of halogens is 1. The molecule has 0 bridgehead atoms. The number of nitrogens with one attached hydrogen (secondary N) is 2. The molecule has 3 aromatic rings. The molecule has 2 amide bonds. The maximum Gasteiger partial charge on any atom is 0.266 e. The first-order chi connectivity index (χ1) is 18.3. The Morgan fingerprint density at radius 1 is 0.947 bits per heavy atom. The third-order valence-corrected chi connectivity index (χ3v) is 5.67. The Labute approximate surface area is 230 Å². The first kappa shape index (κ1) is 28.3. The molecule has 0 spiro atoms. The van der Waals surface area contributed by atoms with Gasteiger partial charge < -0.3 is 24.8 Å². The molecule has 8 nitrogen and oxygen atoms in total. The predicted molar refractivity (Wildman–Crippen MR) is 150 cm³/mol. The second kappa shape index (κ2) is 13.9. The van der Waals surface area contributed by atoms with Crippen molar-refractivity contribution in [3.63, 3.8) is 0 Å². The van der Waals surface area contributed by atoms with Crippen molar-refractivity contribution in [2.75, 3.05) is 30.5 Å². The fourth-order valence-electron chi connectivity index (χ4n) is 3.45. The van der Waals surface area contributed by atoms with Crippen LogP contribution < -0.4 is 24.8 Å². The molecule has 0 aromatic heterocycles. The molecule has 9 heteroatoms. The Bertz CT molecular complexity index is 1360. The predicted octanol–water partition coefficient (Wildman–Crippen LogP) is 6.12. The number of hydrogen-bond donors (Lipinski definition) is 2. The third kappa shape index (κ3) is 8.11. The maximum atomic E-state index is 12.7. The lowest BCUT2D eigenvalue weighted by Crippen LogP contribution is -2.20. The molecule has 0 fully saturated rings. The highest BCUT2D eigenvalue weighted by Gasteiger charge is 2.16. The number of hydrogen-bond acceptors (Lipinski definition) is 6. The van der Waals surface area contributed by atoms with E-state index >= 15 is 0 Å². The van der Waals surface area contributed by atoms with E-state index in [0.29, 0.717) is 51.9 Å². The van der Waals surface area contributed by atoms with Crippen molar-refractivity contribution < 1.29 is 23.8 Å². The zero-order valence-electron chi connectivity index (χ0n) is 21.3. The molecular weight excluding hydrogens is 550 g/mol. The van der Waals surface area contributed by atoms with E-state index in [4.69, 9.17) is 14.2 Å². The number of carbonyl (C=O) groups is 2. The molecular formula is C29H28BrN3O5. The van der Waals surface area contributed by atoms with E-state index in [2.05, 4.69) is 26.6 Å². The standard InChI is InChI=1S/C29H28BrN3O5/c1-4-36-24-11-9-22(10-12-24)33-29(35)21(17-31)14-20-15-25(30)28(26(16-20)37-5-2)38-18-27(34)32-23-8-6-7-19(3)13-23/h6-16H,4-5,18H2,1-3H3,(H,32,34)(H,33,35)/b21-14+. The summed E-state index contributed by atoms with van der Waals surface area (Å²) in [6.07, 6.45) is 1.45. The number of aryl methyl sites for hydroxylation is 1. The Hall–Kier alpha value is -4.29.